The third-order valence-electron chi connectivity index (χ3n) is 4.09. The van der Waals surface area contributed by atoms with E-state index in [1.54, 1.807) is 25.5 Å². The summed E-state index contributed by atoms with van der Waals surface area (Å²) in [6.45, 7) is 4.12. The van der Waals surface area contributed by atoms with Gasteiger partial charge in [0.25, 0.3) is 0 Å². The van der Waals surface area contributed by atoms with Gasteiger partial charge in [0.1, 0.15) is 6.10 Å². The zero-order chi connectivity index (χ0) is 16.9. The number of nitrogens with zero attached hydrogens (tertiary/aromatic N) is 2. The summed E-state index contributed by atoms with van der Waals surface area (Å²) in [5, 5.41) is 2.29. The summed E-state index contributed by atoms with van der Waals surface area (Å²) >= 11 is 0. The molecule has 3 rings (SSSR count). The second kappa shape index (κ2) is 7.13. The molecule has 4 heteroatoms. The maximum atomic E-state index is 12.2. The first kappa shape index (κ1) is 16.0. The Morgan fingerprint density at radius 2 is 2.04 bits per heavy atom. The first-order valence-electron chi connectivity index (χ1n) is 7.95. The van der Waals surface area contributed by atoms with Gasteiger partial charge in [-0.05, 0) is 36.2 Å². The molecule has 0 fully saturated rings. The molecule has 0 radical (unpaired) electrons. The summed E-state index contributed by atoms with van der Waals surface area (Å²) in [6.07, 6.45) is 6.70. The van der Waals surface area contributed by atoms with Gasteiger partial charge in [0.05, 0.1) is 12.9 Å². The van der Waals surface area contributed by atoms with Gasteiger partial charge < -0.3 is 9.30 Å². The second-order valence-corrected chi connectivity index (χ2v) is 5.73. The average molecular weight is 320 g/mol. The van der Waals surface area contributed by atoms with Crippen LogP contribution in [0.5, 0.6) is 0 Å². The molecule has 0 aliphatic carbocycles. The van der Waals surface area contributed by atoms with Gasteiger partial charge in [0, 0.05) is 18.0 Å². The zero-order valence-electron chi connectivity index (χ0n) is 13.8. The Balaban J connectivity index is 1.93. The summed E-state index contributed by atoms with van der Waals surface area (Å²) in [7, 11) is 0. The first-order valence-corrected chi connectivity index (χ1v) is 7.95. The van der Waals surface area contributed by atoms with Crippen molar-refractivity contribution in [2.75, 3.05) is 0 Å². The van der Waals surface area contributed by atoms with Crippen LogP contribution in [0.15, 0.2) is 72.8 Å². The van der Waals surface area contributed by atoms with Crippen molar-refractivity contribution in [1.29, 1.82) is 0 Å². The van der Waals surface area contributed by atoms with Crippen molar-refractivity contribution in [1.82, 2.24) is 9.55 Å². The molecule has 4 nitrogen and oxygen atoms in total. The molecule has 0 aliphatic rings. The highest BCUT2D eigenvalue weighted by molar-refractivity contribution is 5.88. The number of fused-ring (bicyclic) bond motifs is 1. The van der Waals surface area contributed by atoms with Gasteiger partial charge in [-0.1, -0.05) is 42.5 Å². The fourth-order valence-electron chi connectivity index (χ4n) is 2.54. The van der Waals surface area contributed by atoms with E-state index in [4.69, 9.17) is 4.74 Å². The van der Waals surface area contributed by atoms with Crippen molar-refractivity contribution in [2.24, 2.45) is 0 Å². The van der Waals surface area contributed by atoms with Crippen LogP contribution >= 0.6 is 0 Å². The number of ether oxygens (including phenoxy) is 1. The summed E-state index contributed by atoms with van der Waals surface area (Å²) < 4.78 is 7.67. The largest absolute Gasteiger partial charge is 0.452 e. The van der Waals surface area contributed by atoms with Crippen LogP contribution in [0.4, 0.5) is 0 Å². The standard InChI is InChI=1S/C20H20N2O2/c1-3-15(2)20(23)24-19(13-22-11-10-21-14-22)18-9-8-16-6-4-5-7-17(16)12-18/h3-12,14,19H,13H2,1-2H3/b15-3-. The minimum Gasteiger partial charge on any atom is -0.452 e. The molecule has 0 aliphatic heterocycles. The zero-order valence-corrected chi connectivity index (χ0v) is 13.8. The van der Waals surface area contributed by atoms with Crippen LogP contribution in [0.25, 0.3) is 10.8 Å². The van der Waals surface area contributed by atoms with Gasteiger partial charge in [-0.15, -0.1) is 0 Å². The third kappa shape index (κ3) is 3.54. The van der Waals surface area contributed by atoms with Crippen molar-refractivity contribution in [3.05, 3.63) is 78.4 Å². The fourth-order valence-corrected chi connectivity index (χ4v) is 2.54. The molecule has 0 spiro atoms. The van der Waals surface area contributed by atoms with E-state index in [0.29, 0.717) is 12.1 Å². The second-order valence-electron chi connectivity index (χ2n) is 5.73. The van der Waals surface area contributed by atoms with Crippen LogP contribution in [0.3, 0.4) is 0 Å². The van der Waals surface area contributed by atoms with Crippen LogP contribution in [0, 0.1) is 0 Å². The molecule has 0 saturated carbocycles. The molecule has 122 valence electrons. The molecular weight excluding hydrogens is 300 g/mol. The maximum absolute atomic E-state index is 12.2. The molecule has 0 N–H and O–H groups in total. The maximum Gasteiger partial charge on any atom is 0.334 e. The van der Waals surface area contributed by atoms with Crippen LogP contribution in [0.1, 0.15) is 25.5 Å². The molecule has 0 amide bonds. The van der Waals surface area contributed by atoms with Crippen LogP contribution in [0.2, 0.25) is 0 Å². The molecule has 1 atom stereocenters. The van der Waals surface area contributed by atoms with Crippen molar-refractivity contribution >= 4 is 16.7 Å². The average Bonchev–Trinajstić information content (AvgIpc) is 3.13. The molecule has 3 aromatic rings. The lowest BCUT2D eigenvalue weighted by atomic mass is 10.0. The van der Waals surface area contributed by atoms with Crippen molar-refractivity contribution in [2.45, 2.75) is 26.5 Å². The monoisotopic (exact) mass is 320 g/mol. The van der Waals surface area contributed by atoms with Crippen LogP contribution < -0.4 is 0 Å². The van der Waals surface area contributed by atoms with Crippen LogP contribution in [-0.4, -0.2) is 15.5 Å². The number of benzene rings is 2. The highest BCUT2D eigenvalue weighted by Gasteiger charge is 2.18. The smallest absolute Gasteiger partial charge is 0.334 e. The number of allylic oxidation sites excluding steroid dienone is 1. The van der Waals surface area contributed by atoms with E-state index in [9.17, 15) is 4.79 Å². The van der Waals surface area contributed by atoms with E-state index in [1.807, 2.05) is 35.9 Å². The van der Waals surface area contributed by atoms with Crippen molar-refractivity contribution in [3.63, 3.8) is 0 Å². The predicted octanol–water partition coefficient (Wildman–Crippen LogP) is 4.29. The van der Waals surface area contributed by atoms with Crippen molar-refractivity contribution < 1.29 is 9.53 Å². The minimum atomic E-state index is -0.369. The molecule has 0 saturated heterocycles. The Kier molecular flexibility index (Phi) is 4.75. The van der Waals surface area contributed by atoms with Gasteiger partial charge in [-0.3, -0.25) is 0 Å². The summed E-state index contributed by atoms with van der Waals surface area (Å²) in [4.78, 5) is 16.3. The number of carbonyl (C=O) groups excluding carboxylic acids is 1. The van der Waals surface area contributed by atoms with E-state index < -0.39 is 0 Å². The van der Waals surface area contributed by atoms with Crippen LogP contribution in [-0.2, 0) is 16.1 Å². The van der Waals surface area contributed by atoms with Gasteiger partial charge in [0.2, 0.25) is 0 Å². The van der Waals surface area contributed by atoms with E-state index in [-0.39, 0.29) is 12.1 Å². The number of esters is 1. The summed E-state index contributed by atoms with van der Waals surface area (Å²) in [5.74, 6) is -0.296. The van der Waals surface area contributed by atoms with Gasteiger partial charge in [-0.25, -0.2) is 9.78 Å². The Morgan fingerprint density at radius 1 is 1.25 bits per heavy atom. The van der Waals surface area contributed by atoms with E-state index >= 15 is 0 Å². The Hall–Kier alpha value is -2.88. The number of hydrogen-bond donors (Lipinski definition) is 0. The number of rotatable bonds is 5. The number of aromatic nitrogens is 2. The number of carbonyl (C=O) groups is 1. The van der Waals surface area contributed by atoms with Crippen molar-refractivity contribution in [3.8, 4) is 0 Å². The molecular formula is C20H20N2O2. The van der Waals surface area contributed by atoms with E-state index in [0.717, 1.165) is 10.9 Å². The first-order chi connectivity index (χ1) is 11.7. The molecule has 1 unspecified atom stereocenters. The minimum absolute atomic E-state index is 0.296. The normalized spacial score (nSPS) is 13.0. The molecule has 24 heavy (non-hydrogen) atoms. The fraction of sp³-hybridized carbons (Fsp3) is 0.200. The molecule has 1 heterocycles. The molecule has 2 aromatic carbocycles. The predicted molar refractivity (Wildman–Crippen MR) is 94.4 cm³/mol. The van der Waals surface area contributed by atoms with E-state index in [1.165, 1.54) is 5.39 Å². The highest BCUT2D eigenvalue weighted by Crippen LogP contribution is 2.25. The number of hydrogen-bond acceptors (Lipinski definition) is 3. The van der Waals surface area contributed by atoms with Gasteiger partial charge in [-0.2, -0.15) is 0 Å². The lowest BCUT2D eigenvalue weighted by Crippen LogP contribution is -2.17. The summed E-state index contributed by atoms with van der Waals surface area (Å²) in [6, 6.07) is 14.3. The topological polar surface area (TPSA) is 44.1 Å². The number of imidazole rings is 1. The Labute approximate surface area is 141 Å². The van der Waals surface area contributed by atoms with Gasteiger partial charge >= 0.3 is 5.97 Å². The lowest BCUT2D eigenvalue weighted by molar-refractivity contribution is -0.145. The SMILES string of the molecule is C/C=C(/C)C(=O)OC(Cn1ccnc1)c1ccc2ccccc2c1. The Morgan fingerprint density at radius 3 is 2.75 bits per heavy atom. The third-order valence-corrected chi connectivity index (χ3v) is 4.09. The molecule has 0 bridgehead atoms. The summed E-state index contributed by atoms with van der Waals surface area (Å²) in [5.41, 5.74) is 1.58. The van der Waals surface area contributed by atoms with Gasteiger partial charge in [0.15, 0.2) is 0 Å². The Bertz CT molecular complexity index is 866. The van der Waals surface area contributed by atoms with E-state index in [2.05, 4.69) is 29.2 Å². The highest BCUT2D eigenvalue weighted by atomic mass is 16.5. The molecule has 1 aromatic heterocycles. The quantitative estimate of drug-likeness (QED) is 0.520. The lowest BCUT2D eigenvalue weighted by Gasteiger charge is -2.19.